The number of aromatic nitrogens is 3. The lowest BCUT2D eigenvalue weighted by atomic mass is 10.00. The normalized spacial score (nSPS) is 11.7. The van der Waals surface area contributed by atoms with E-state index in [2.05, 4.69) is 9.97 Å². The van der Waals surface area contributed by atoms with E-state index in [9.17, 15) is 4.79 Å². The first-order valence-corrected chi connectivity index (χ1v) is 5.83. The molecule has 2 aromatic rings. The molecule has 0 saturated heterocycles. The Morgan fingerprint density at radius 3 is 2.68 bits per heavy atom. The summed E-state index contributed by atoms with van der Waals surface area (Å²) in [6, 6.07) is 3.48. The fraction of sp³-hybridized carbons (Fsp3) is 0.417. The van der Waals surface area contributed by atoms with Crippen molar-refractivity contribution in [1.82, 2.24) is 14.5 Å². The summed E-state index contributed by atoms with van der Waals surface area (Å²) in [5, 5.41) is 0. The Morgan fingerprint density at radius 2 is 2.11 bits per heavy atom. The molecule has 0 aliphatic rings. The molecular weight excluding hydrogens is 246 g/mol. The molecule has 7 heteroatoms. The molecule has 0 spiro atoms. The van der Waals surface area contributed by atoms with E-state index >= 15 is 0 Å². The van der Waals surface area contributed by atoms with E-state index in [1.54, 1.807) is 16.7 Å². The maximum atomic E-state index is 11.2. The lowest BCUT2D eigenvalue weighted by Gasteiger charge is -2.26. The maximum absolute atomic E-state index is 11.2. The molecule has 102 valence electrons. The van der Waals surface area contributed by atoms with Gasteiger partial charge in [-0.1, -0.05) is 0 Å². The SMILES string of the molecule is COc1ccc2nc(N)n(C(C)(C)CC(N)=O)c2n1. The number of methoxy groups -OCH3 is 1. The van der Waals surface area contributed by atoms with E-state index in [0.29, 0.717) is 23.0 Å². The number of nitrogen functional groups attached to an aromatic ring is 1. The third-order valence-electron chi connectivity index (χ3n) is 2.93. The van der Waals surface area contributed by atoms with Crippen LogP contribution in [0.4, 0.5) is 5.95 Å². The third-order valence-corrected chi connectivity index (χ3v) is 2.93. The Morgan fingerprint density at radius 1 is 1.42 bits per heavy atom. The minimum atomic E-state index is -0.607. The zero-order valence-electron chi connectivity index (χ0n) is 11.2. The zero-order chi connectivity index (χ0) is 14.2. The standard InChI is InChI=1S/C12H17N5O2/c1-12(2,6-8(13)18)17-10-7(15-11(17)14)4-5-9(16-10)19-3/h4-5H,6H2,1-3H3,(H2,13,18)(H2,14,15). The molecule has 0 atom stereocenters. The predicted molar refractivity (Wildman–Crippen MR) is 71.6 cm³/mol. The summed E-state index contributed by atoms with van der Waals surface area (Å²) >= 11 is 0. The van der Waals surface area contributed by atoms with Gasteiger partial charge in [0.05, 0.1) is 12.6 Å². The molecule has 7 nitrogen and oxygen atoms in total. The van der Waals surface area contributed by atoms with Crippen molar-refractivity contribution < 1.29 is 9.53 Å². The second-order valence-corrected chi connectivity index (χ2v) is 4.96. The van der Waals surface area contributed by atoms with E-state index in [1.165, 1.54) is 7.11 Å². The smallest absolute Gasteiger partial charge is 0.219 e. The van der Waals surface area contributed by atoms with Gasteiger partial charge in [0.1, 0.15) is 5.52 Å². The molecule has 0 fully saturated rings. The summed E-state index contributed by atoms with van der Waals surface area (Å²) in [5.41, 5.74) is 11.8. The van der Waals surface area contributed by atoms with Crippen molar-refractivity contribution in [3.63, 3.8) is 0 Å². The molecule has 1 amide bonds. The van der Waals surface area contributed by atoms with Gasteiger partial charge in [-0.25, -0.2) is 4.98 Å². The van der Waals surface area contributed by atoms with Crippen molar-refractivity contribution >= 4 is 23.0 Å². The number of primary amides is 1. The van der Waals surface area contributed by atoms with E-state index in [4.69, 9.17) is 16.2 Å². The molecule has 2 heterocycles. The number of fused-ring (bicyclic) bond motifs is 1. The van der Waals surface area contributed by atoms with Crippen LogP contribution >= 0.6 is 0 Å². The van der Waals surface area contributed by atoms with Gasteiger partial charge in [0.2, 0.25) is 17.7 Å². The Balaban J connectivity index is 2.64. The number of rotatable bonds is 4. The predicted octanol–water partition coefficient (Wildman–Crippen LogP) is 0.633. The van der Waals surface area contributed by atoms with Gasteiger partial charge >= 0.3 is 0 Å². The summed E-state index contributed by atoms with van der Waals surface area (Å²) in [7, 11) is 1.53. The van der Waals surface area contributed by atoms with Gasteiger partial charge in [-0.2, -0.15) is 4.98 Å². The highest BCUT2D eigenvalue weighted by Gasteiger charge is 2.28. The molecule has 4 N–H and O–H groups in total. The number of hydrogen-bond donors (Lipinski definition) is 2. The number of imidazole rings is 1. The van der Waals surface area contributed by atoms with Crippen LogP contribution in [-0.2, 0) is 10.3 Å². The average Bonchev–Trinajstić information content (AvgIpc) is 2.62. The van der Waals surface area contributed by atoms with Crippen LogP contribution in [0, 0.1) is 0 Å². The molecule has 0 bridgehead atoms. The largest absolute Gasteiger partial charge is 0.481 e. The first-order valence-electron chi connectivity index (χ1n) is 5.83. The Bertz CT molecular complexity index is 632. The molecular formula is C12H17N5O2. The molecule has 0 unspecified atom stereocenters. The summed E-state index contributed by atoms with van der Waals surface area (Å²) < 4.78 is 6.80. The van der Waals surface area contributed by atoms with Crippen molar-refractivity contribution in [1.29, 1.82) is 0 Å². The number of amides is 1. The van der Waals surface area contributed by atoms with Crippen LogP contribution in [-0.4, -0.2) is 27.6 Å². The van der Waals surface area contributed by atoms with Gasteiger partial charge < -0.3 is 16.2 Å². The van der Waals surface area contributed by atoms with Gasteiger partial charge in [-0.15, -0.1) is 0 Å². The van der Waals surface area contributed by atoms with E-state index in [-0.39, 0.29) is 6.42 Å². The van der Waals surface area contributed by atoms with Crippen LogP contribution in [0.2, 0.25) is 0 Å². The van der Waals surface area contributed by atoms with Crippen LogP contribution in [0.3, 0.4) is 0 Å². The fourth-order valence-corrected chi connectivity index (χ4v) is 2.17. The average molecular weight is 263 g/mol. The number of pyridine rings is 1. The first-order chi connectivity index (χ1) is 8.85. The van der Waals surface area contributed by atoms with Crippen molar-refractivity contribution in [2.75, 3.05) is 12.8 Å². The molecule has 0 aromatic carbocycles. The topological polar surface area (TPSA) is 109 Å². The molecule has 0 radical (unpaired) electrons. The van der Waals surface area contributed by atoms with Crippen LogP contribution in [0.15, 0.2) is 12.1 Å². The molecule has 2 aromatic heterocycles. The molecule has 0 saturated carbocycles. The Hall–Kier alpha value is -2.31. The first kappa shape index (κ1) is 13.1. The second-order valence-electron chi connectivity index (χ2n) is 4.96. The highest BCUT2D eigenvalue weighted by atomic mass is 16.5. The van der Waals surface area contributed by atoms with Crippen LogP contribution in [0.25, 0.3) is 11.2 Å². The van der Waals surface area contributed by atoms with Crippen LogP contribution in [0.1, 0.15) is 20.3 Å². The maximum Gasteiger partial charge on any atom is 0.219 e. The summed E-state index contributed by atoms with van der Waals surface area (Å²) in [6.45, 7) is 3.72. The van der Waals surface area contributed by atoms with Gasteiger partial charge in [-0.3, -0.25) is 9.36 Å². The number of ether oxygens (including phenoxy) is 1. The fourth-order valence-electron chi connectivity index (χ4n) is 2.17. The van der Waals surface area contributed by atoms with E-state index in [1.807, 2.05) is 13.8 Å². The highest BCUT2D eigenvalue weighted by Crippen LogP contribution is 2.29. The lowest BCUT2D eigenvalue weighted by Crippen LogP contribution is -2.33. The highest BCUT2D eigenvalue weighted by molar-refractivity contribution is 5.78. The molecule has 19 heavy (non-hydrogen) atoms. The Kier molecular flexibility index (Phi) is 3.05. The number of nitrogens with two attached hydrogens (primary N) is 2. The number of hydrogen-bond acceptors (Lipinski definition) is 5. The van der Waals surface area contributed by atoms with Crippen molar-refractivity contribution in [3.8, 4) is 5.88 Å². The van der Waals surface area contributed by atoms with Gasteiger partial charge in [-0.05, 0) is 19.9 Å². The minimum Gasteiger partial charge on any atom is -0.481 e. The summed E-state index contributed by atoms with van der Waals surface area (Å²) in [4.78, 5) is 19.8. The van der Waals surface area contributed by atoms with Crippen molar-refractivity contribution in [2.45, 2.75) is 25.8 Å². The number of carbonyl (C=O) groups is 1. The molecule has 0 aliphatic heterocycles. The quantitative estimate of drug-likeness (QED) is 0.841. The minimum absolute atomic E-state index is 0.140. The monoisotopic (exact) mass is 263 g/mol. The van der Waals surface area contributed by atoms with Crippen molar-refractivity contribution in [2.24, 2.45) is 5.73 Å². The van der Waals surface area contributed by atoms with Gasteiger partial charge in [0.25, 0.3) is 0 Å². The number of carbonyl (C=O) groups excluding carboxylic acids is 1. The van der Waals surface area contributed by atoms with Crippen LogP contribution in [0.5, 0.6) is 5.88 Å². The van der Waals surface area contributed by atoms with E-state index < -0.39 is 11.4 Å². The second kappa shape index (κ2) is 4.42. The third kappa shape index (κ3) is 2.31. The van der Waals surface area contributed by atoms with Crippen molar-refractivity contribution in [3.05, 3.63) is 12.1 Å². The molecule has 2 rings (SSSR count). The van der Waals surface area contributed by atoms with Gasteiger partial charge in [0, 0.05) is 12.5 Å². The molecule has 0 aliphatic carbocycles. The summed E-state index contributed by atoms with van der Waals surface area (Å²) in [6.07, 6.45) is 0.140. The Labute approximate surface area is 110 Å². The number of nitrogens with zero attached hydrogens (tertiary/aromatic N) is 3. The van der Waals surface area contributed by atoms with Crippen LogP contribution < -0.4 is 16.2 Å². The lowest BCUT2D eigenvalue weighted by molar-refractivity contribution is -0.119. The van der Waals surface area contributed by atoms with Gasteiger partial charge in [0.15, 0.2) is 5.65 Å². The van der Waals surface area contributed by atoms with E-state index in [0.717, 1.165) is 0 Å². The zero-order valence-corrected chi connectivity index (χ0v) is 11.2. The number of anilines is 1. The summed E-state index contributed by atoms with van der Waals surface area (Å²) in [5.74, 6) is 0.347.